The van der Waals surface area contributed by atoms with Crippen LogP contribution in [0.5, 0.6) is 11.5 Å². The van der Waals surface area contributed by atoms with Gasteiger partial charge >= 0.3 is 7.12 Å². The molecule has 49 heavy (non-hydrogen) atoms. The summed E-state index contributed by atoms with van der Waals surface area (Å²) in [6, 6.07) is 5.36. The van der Waals surface area contributed by atoms with E-state index in [1.807, 2.05) is 6.07 Å². The van der Waals surface area contributed by atoms with Crippen molar-refractivity contribution in [3.63, 3.8) is 0 Å². The van der Waals surface area contributed by atoms with Gasteiger partial charge in [-0.1, -0.05) is 79.2 Å². The van der Waals surface area contributed by atoms with Gasteiger partial charge in [-0.3, -0.25) is 14.4 Å². The summed E-state index contributed by atoms with van der Waals surface area (Å²) in [4.78, 5) is 40.4. The maximum atomic E-state index is 14.0. The van der Waals surface area contributed by atoms with Crippen molar-refractivity contribution in [2.24, 2.45) is 29.1 Å². The first-order valence-corrected chi connectivity index (χ1v) is 18.9. The van der Waals surface area contributed by atoms with Crippen LogP contribution < -0.4 is 20.1 Å². The van der Waals surface area contributed by atoms with E-state index >= 15 is 0 Å². The number of amides is 2. The van der Waals surface area contributed by atoms with E-state index in [4.69, 9.17) is 18.8 Å². The van der Waals surface area contributed by atoms with Crippen LogP contribution in [-0.2, 0) is 30.1 Å². The monoisotopic (exact) mass is 682 g/mol. The van der Waals surface area contributed by atoms with Crippen molar-refractivity contribution in [3.8, 4) is 11.5 Å². The third-order valence-electron chi connectivity index (χ3n) is 11.6. The predicted molar refractivity (Wildman–Crippen MR) is 193 cm³/mol. The fraction of sp³-hybridized carbons (Fsp3) is 0.769. The van der Waals surface area contributed by atoms with Crippen LogP contribution in [0, 0.1) is 29.1 Å². The quantitative estimate of drug-likeness (QED) is 0.107. The fourth-order valence-electron chi connectivity index (χ4n) is 8.51. The smallest absolute Gasteiger partial charge is 0.481 e. The molecule has 1 saturated heterocycles. The first-order chi connectivity index (χ1) is 23.3. The molecule has 4 aliphatic rings. The lowest BCUT2D eigenvalue weighted by Crippen LogP contribution is -2.65. The van der Waals surface area contributed by atoms with Crippen LogP contribution in [0.4, 0.5) is 0 Å². The summed E-state index contributed by atoms with van der Waals surface area (Å²) in [5.41, 5.74) is 0.596. The largest absolute Gasteiger partial charge is 0.493 e. The second-order valence-electron chi connectivity index (χ2n) is 16.1. The molecule has 2 amide bonds. The molecule has 1 aromatic rings. The van der Waals surface area contributed by atoms with Gasteiger partial charge < -0.3 is 29.4 Å². The van der Waals surface area contributed by atoms with Gasteiger partial charge in [0, 0.05) is 19.4 Å². The van der Waals surface area contributed by atoms with Crippen LogP contribution in [0.2, 0.25) is 0 Å². The number of carbonyl (C=O) groups is 3. The average molecular weight is 683 g/mol. The number of Topliss-reactive ketones (excluding diaryl/α,β-unsaturated/α-hetero) is 1. The van der Waals surface area contributed by atoms with E-state index in [2.05, 4.69) is 52.2 Å². The van der Waals surface area contributed by atoms with Gasteiger partial charge in [-0.25, -0.2) is 0 Å². The number of hydrogen-bond acceptors (Lipinski definition) is 7. The van der Waals surface area contributed by atoms with E-state index in [-0.39, 0.29) is 66.0 Å². The molecule has 1 aromatic carbocycles. The minimum absolute atomic E-state index is 0.0102. The molecule has 274 valence electrons. The molecule has 4 fully saturated rings. The summed E-state index contributed by atoms with van der Waals surface area (Å²) >= 11 is 0. The minimum Gasteiger partial charge on any atom is -0.493 e. The highest BCUT2D eigenvalue weighted by Gasteiger charge is 2.68. The van der Waals surface area contributed by atoms with E-state index in [9.17, 15) is 14.4 Å². The average Bonchev–Trinajstić information content (AvgIpc) is 3.42. The number of carbonyl (C=O) groups excluding carboxylic acids is 3. The Morgan fingerprint density at radius 2 is 1.67 bits per heavy atom. The van der Waals surface area contributed by atoms with Gasteiger partial charge in [0.15, 0.2) is 11.5 Å². The molecule has 0 spiro atoms. The minimum atomic E-state index is -0.702. The fourth-order valence-corrected chi connectivity index (χ4v) is 8.51. The number of ether oxygens (including phenoxy) is 2. The molecule has 0 aromatic heterocycles. The second kappa shape index (κ2) is 17.6. The number of methoxy groups -OCH3 is 2. The topological polar surface area (TPSA) is 112 Å². The molecule has 0 radical (unpaired) electrons. The second-order valence-corrected chi connectivity index (χ2v) is 16.1. The highest BCUT2D eigenvalue weighted by atomic mass is 16.7. The Bertz CT molecular complexity index is 1270. The lowest BCUT2D eigenvalue weighted by Gasteiger charge is -2.64. The first kappa shape index (κ1) is 39.2. The van der Waals surface area contributed by atoms with Crippen LogP contribution >= 0.6 is 0 Å². The zero-order valence-electron chi connectivity index (χ0n) is 31.5. The molecular formula is C39H63BN2O7. The zero-order chi connectivity index (χ0) is 35.8. The Labute approximate surface area is 295 Å². The maximum Gasteiger partial charge on any atom is 0.481 e. The third kappa shape index (κ3) is 9.81. The van der Waals surface area contributed by atoms with Crippen LogP contribution in [0.25, 0.3) is 0 Å². The lowest BCUT2D eigenvalue weighted by molar-refractivity contribution is -0.199. The van der Waals surface area contributed by atoms with Crippen molar-refractivity contribution in [1.82, 2.24) is 10.6 Å². The number of ketones is 1. The summed E-state index contributed by atoms with van der Waals surface area (Å²) in [5.74, 6) is 0.976. The maximum absolute atomic E-state index is 14.0. The molecular weight excluding hydrogens is 619 g/mol. The zero-order valence-corrected chi connectivity index (χ0v) is 31.5. The van der Waals surface area contributed by atoms with Crippen LogP contribution in [0.1, 0.15) is 124 Å². The number of rotatable bonds is 21. The van der Waals surface area contributed by atoms with E-state index in [1.165, 1.54) is 25.7 Å². The van der Waals surface area contributed by atoms with E-state index in [0.717, 1.165) is 37.7 Å². The molecule has 0 unspecified atom stereocenters. The first-order valence-electron chi connectivity index (χ1n) is 18.9. The van der Waals surface area contributed by atoms with Gasteiger partial charge in [-0.05, 0) is 73.5 Å². The molecule has 9 nitrogen and oxygen atoms in total. The summed E-state index contributed by atoms with van der Waals surface area (Å²) in [6.45, 7) is 13.4. The Morgan fingerprint density at radius 1 is 0.980 bits per heavy atom. The molecule has 2 N–H and O–H groups in total. The Hall–Kier alpha value is -2.59. The molecule has 6 atom stereocenters. The number of nitrogens with one attached hydrogen (secondary N) is 2. The summed E-state index contributed by atoms with van der Waals surface area (Å²) < 4.78 is 24.1. The van der Waals surface area contributed by atoms with Gasteiger partial charge in [-0.15, -0.1) is 0 Å². The van der Waals surface area contributed by atoms with Crippen molar-refractivity contribution < 1.29 is 33.2 Å². The highest BCUT2D eigenvalue weighted by Crippen LogP contribution is 2.65. The summed E-state index contributed by atoms with van der Waals surface area (Å²) in [6.07, 6.45) is 11.3. The molecule has 1 heterocycles. The van der Waals surface area contributed by atoms with Crippen molar-refractivity contribution >= 4 is 24.7 Å². The predicted octanol–water partition coefficient (Wildman–Crippen LogP) is 6.88. The molecule has 1 aliphatic heterocycles. The van der Waals surface area contributed by atoms with Gasteiger partial charge in [0.25, 0.3) is 0 Å². The van der Waals surface area contributed by atoms with Gasteiger partial charge in [0.2, 0.25) is 11.8 Å². The van der Waals surface area contributed by atoms with E-state index in [0.29, 0.717) is 36.2 Å². The Morgan fingerprint density at radius 3 is 2.33 bits per heavy atom. The van der Waals surface area contributed by atoms with Crippen LogP contribution in [0.15, 0.2) is 18.2 Å². The van der Waals surface area contributed by atoms with Gasteiger partial charge in [0.05, 0.1) is 44.2 Å². The normalized spacial score (nSPS) is 24.8. The van der Waals surface area contributed by atoms with Crippen LogP contribution in [-0.4, -0.2) is 63.1 Å². The Balaban J connectivity index is 1.41. The van der Waals surface area contributed by atoms with Crippen molar-refractivity contribution in [2.75, 3.05) is 20.8 Å². The standard InChI is InChI=1S/C39H63BN2O7/c1-9-10-11-12-13-14-15-16-30(43)22-28(25-41-36(44)21-27-17-18-31(46-7)32(20-27)47-8)37(45)42-35(19-26(2)3)40-48-34-24-29-23-33(38(29,4)5)39(34,6)49-40/h17-18,20,26,28-29,33-35H,9-16,19,21-25H2,1-8H3,(H,41,44)(H,42,45)/t28-,29+,33+,34+,35-,39-/m0/s1. The molecule has 3 aliphatic carbocycles. The van der Waals surface area contributed by atoms with E-state index in [1.54, 1.807) is 26.4 Å². The lowest BCUT2D eigenvalue weighted by atomic mass is 9.43. The summed E-state index contributed by atoms with van der Waals surface area (Å²) in [5, 5.41) is 6.19. The van der Waals surface area contributed by atoms with E-state index < -0.39 is 13.0 Å². The summed E-state index contributed by atoms with van der Waals surface area (Å²) in [7, 11) is 2.57. The Kier molecular flexibility index (Phi) is 14.1. The van der Waals surface area contributed by atoms with Gasteiger partial charge in [-0.2, -0.15) is 0 Å². The van der Waals surface area contributed by atoms with Gasteiger partial charge in [0.1, 0.15) is 5.78 Å². The number of benzene rings is 1. The number of unbranched alkanes of at least 4 members (excludes halogenated alkanes) is 6. The van der Waals surface area contributed by atoms with Crippen molar-refractivity contribution in [3.05, 3.63) is 23.8 Å². The molecule has 2 bridgehead atoms. The SMILES string of the molecule is CCCCCCCCCC(=O)C[C@@H](CNC(=O)Cc1ccc(OC)c(OC)c1)C(=O)N[C@@H](CC(C)C)B1O[C@@H]2C[C@H]3C[C@H](C3(C)C)[C@]2(C)O1. The highest BCUT2D eigenvalue weighted by molar-refractivity contribution is 6.47. The molecule has 3 saturated carbocycles. The third-order valence-corrected chi connectivity index (χ3v) is 11.6. The molecule has 10 heteroatoms. The number of hydrogen-bond donors (Lipinski definition) is 2. The van der Waals surface area contributed by atoms with Crippen molar-refractivity contribution in [2.45, 2.75) is 143 Å². The molecule has 5 rings (SSSR count). The van der Waals surface area contributed by atoms with Crippen molar-refractivity contribution in [1.29, 1.82) is 0 Å². The van der Waals surface area contributed by atoms with Crippen LogP contribution in [0.3, 0.4) is 0 Å².